The Labute approximate surface area is 136 Å². The molecule has 1 fully saturated rings. The van der Waals surface area contributed by atoms with E-state index in [0.29, 0.717) is 26.4 Å². The lowest BCUT2D eigenvalue weighted by Gasteiger charge is -2.27. The van der Waals surface area contributed by atoms with Crippen molar-refractivity contribution in [3.63, 3.8) is 0 Å². The van der Waals surface area contributed by atoms with Gasteiger partial charge in [-0.2, -0.15) is 4.98 Å². The van der Waals surface area contributed by atoms with Crippen molar-refractivity contribution in [1.29, 1.82) is 0 Å². The summed E-state index contributed by atoms with van der Waals surface area (Å²) in [6, 6.07) is 12.1. The van der Waals surface area contributed by atoms with Crippen LogP contribution in [0, 0.1) is 0 Å². The predicted octanol–water partition coefficient (Wildman–Crippen LogP) is 2.04. The molecule has 6 heteroatoms. The summed E-state index contributed by atoms with van der Waals surface area (Å²) in [7, 11) is 1.69. The molecule has 1 N–H and O–H groups in total. The van der Waals surface area contributed by atoms with Gasteiger partial charge in [0.2, 0.25) is 5.95 Å². The van der Waals surface area contributed by atoms with E-state index in [0.717, 1.165) is 36.1 Å². The molecule has 1 aliphatic heterocycles. The van der Waals surface area contributed by atoms with Gasteiger partial charge in [0.15, 0.2) is 0 Å². The van der Waals surface area contributed by atoms with E-state index in [-0.39, 0.29) is 0 Å². The monoisotopic (exact) mass is 314 g/mol. The van der Waals surface area contributed by atoms with Crippen LogP contribution in [-0.4, -0.2) is 56.5 Å². The van der Waals surface area contributed by atoms with Crippen LogP contribution in [0.3, 0.4) is 0 Å². The molecule has 0 spiro atoms. The highest BCUT2D eigenvalue weighted by Crippen LogP contribution is 2.23. The van der Waals surface area contributed by atoms with E-state index in [9.17, 15) is 0 Å². The summed E-state index contributed by atoms with van der Waals surface area (Å²) in [5, 5.41) is 3.30. The van der Waals surface area contributed by atoms with Crippen LogP contribution in [0.2, 0.25) is 0 Å². The van der Waals surface area contributed by atoms with Gasteiger partial charge in [0.1, 0.15) is 5.82 Å². The third-order valence-electron chi connectivity index (χ3n) is 3.69. The molecule has 1 saturated heterocycles. The molecule has 1 aliphatic rings. The number of nitrogens with one attached hydrogen (secondary N) is 1. The lowest BCUT2D eigenvalue weighted by atomic mass is 10.1. The molecule has 1 aromatic heterocycles. The fourth-order valence-electron chi connectivity index (χ4n) is 2.47. The minimum absolute atomic E-state index is 0.636. The summed E-state index contributed by atoms with van der Waals surface area (Å²) in [4.78, 5) is 11.6. The fraction of sp³-hybridized carbons (Fsp3) is 0.412. The Bertz CT molecular complexity index is 615. The van der Waals surface area contributed by atoms with Crippen molar-refractivity contribution >= 4 is 11.8 Å². The van der Waals surface area contributed by atoms with Crippen molar-refractivity contribution in [2.45, 2.75) is 0 Å². The molecule has 2 heterocycles. The van der Waals surface area contributed by atoms with E-state index in [2.05, 4.69) is 27.3 Å². The second kappa shape index (κ2) is 7.89. The first-order valence-corrected chi connectivity index (χ1v) is 7.87. The normalized spacial score (nSPS) is 14.7. The molecule has 0 saturated carbocycles. The zero-order valence-electron chi connectivity index (χ0n) is 13.4. The number of aromatic nitrogens is 2. The van der Waals surface area contributed by atoms with Crippen molar-refractivity contribution < 1.29 is 9.47 Å². The molecule has 0 bridgehead atoms. The minimum atomic E-state index is 0.636. The topological polar surface area (TPSA) is 59.5 Å². The van der Waals surface area contributed by atoms with E-state index >= 15 is 0 Å². The number of anilines is 2. The van der Waals surface area contributed by atoms with Crippen molar-refractivity contribution in [2.75, 3.05) is 56.8 Å². The molecule has 6 nitrogen and oxygen atoms in total. The zero-order valence-corrected chi connectivity index (χ0v) is 13.4. The van der Waals surface area contributed by atoms with Gasteiger partial charge in [-0.1, -0.05) is 30.3 Å². The molecule has 0 atom stereocenters. The molecule has 0 radical (unpaired) electrons. The average Bonchev–Trinajstić information content (AvgIpc) is 2.63. The highest BCUT2D eigenvalue weighted by molar-refractivity contribution is 5.64. The molecule has 1 aromatic carbocycles. The van der Waals surface area contributed by atoms with E-state index in [1.165, 1.54) is 0 Å². The van der Waals surface area contributed by atoms with Gasteiger partial charge in [0, 0.05) is 38.4 Å². The molecule has 0 amide bonds. The van der Waals surface area contributed by atoms with Gasteiger partial charge in [-0.15, -0.1) is 0 Å². The average molecular weight is 314 g/mol. The van der Waals surface area contributed by atoms with Crippen LogP contribution in [0.25, 0.3) is 11.3 Å². The number of ether oxygens (including phenoxy) is 2. The van der Waals surface area contributed by atoms with Crippen LogP contribution in [0.5, 0.6) is 0 Å². The van der Waals surface area contributed by atoms with Crippen molar-refractivity contribution in [3.05, 3.63) is 36.4 Å². The number of hydrogen-bond acceptors (Lipinski definition) is 6. The minimum Gasteiger partial charge on any atom is -0.383 e. The second-order valence-corrected chi connectivity index (χ2v) is 5.32. The summed E-state index contributed by atoms with van der Waals surface area (Å²) in [5.74, 6) is 1.56. The first-order valence-electron chi connectivity index (χ1n) is 7.87. The van der Waals surface area contributed by atoms with Crippen molar-refractivity contribution in [2.24, 2.45) is 0 Å². The quantitative estimate of drug-likeness (QED) is 0.824. The van der Waals surface area contributed by atoms with Crippen LogP contribution in [0.1, 0.15) is 0 Å². The Kier molecular flexibility index (Phi) is 5.39. The second-order valence-electron chi connectivity index (χ2n) is 5.32. The smallest absolute Gasteiger partial charge is 0.228 e. The van der Waals surface area contributed by atoms with E-state index in [4.69, 9.17) is 14.5 Å². The van der Waals surface area contributed by atoms with Crippen molar-refractivity contribution in [1.82, 2.24) is 9.97 Å². The number of methoxy groups -OCH3 is 1. The fourth-order valence-corrected chi connectivity index (χ4v) is 2.47. The standard InChI is InChI=1S/C17H22N4O2/c1-22-10-7-18-16-13-15(14-5-3-2-4-6-14)19-17(20-16)21-8-11-23-12-9-21/h2-6,13H,7-12H2,1H3,(H,18,19,20). The number of nitrogens with zero attached hydrogens (tertiary/aromatic N) is 3. The largest absolute Gasteiger partial charge is 0.383 e. The maximum atomic E-state index is 5.42. The molecular weight excluding hydrogens is 292 g/mol. The van der Waals surface area contributed by atoms with Gasteiger partial charge < -0.3 is 19.7 Å². The van der Waals surface area contributed by atoms with Gasteiger partial charge in [0.25, 0.3) is 0 Å². The van der Waals surface area contributed by atoms with E-state index in [1.807, 2.05) is 24.3 Å². The van der Waals surface area contributed by atoms with Crippen LogP contribution < -0.4 is 10.2 Å². The number of benzene rings is 1. The van der Waals surface area contributed by atoms with Gasteiger partial charge in [-0.3, -0.25) is 0 Å². The Hall–Kier alpha value is -2.18. The van der Waals surface area contributed by atoms with Crippen LogP contribution >= 0.6 is 0 Å². The summed E-state index contributed by atoms with van der Waals surface area (Å²) >= 11 is 0. The molecular formula is C17H22N4O2. The predicted molar refractivity (Wildman–Crippen MR) is 90.9 cm³/mol. The lowest BCUT2D eigenvalue weighted by Crippen LogP contribution is -2.37. The number of morpholine rings is 1. The number of hydrogen-bond donors (Lipinski definition) is 1. The van der Waals surface area contributed by atoms with Gasteiger partial charge in [0.05, 0.1) is 25.5 Å². The highest BCUT2D eigenvalue weighted by Gasteiger charge is 2.16. The number of rotatable bonds is 6. The third kappa shape index (κ3) is 4.18. The summed E-state index contributed by atoms with van der Waals surface area (Å²) < 4.78 is 10.5. The molecule has 0 aliphatic carbocycles. The van der Waals surface area contributed by atoms with Crippen molar-refractivity contribution in [3.8, 4) is 11.3 Å². The van der Waals surface area contributed by atoms with Crippen LogP contribution in [0.4, 0.5) is 11.8 Å². The highest BCUT2D eigenvalue weighted by atomic mass is 16.5. The molecule has 3 rings (SSSR count). The van der Waals surface area contributed by atoms with Crippen LogP contribution in [0.15, 0.2) is 36.4 Å². The Morgan fingerprint density at radius 3 is 2.70 bits per heavy atom. The first-order chi connectivity index (χ1) is 11.4. The summed E-state index contributed by atoms with van der Waals surface area (Å²) in [5.41, 5.74) is 2.00. The SMILES string of the molecule is COCCNc1cc(-c2ccccc2)nc(N2CCOCC2)n1. The van der Waals surface area contributed by atoms with Gasteiger partial charge in [-0.25, -0.2) is 4.98 Å². The maximum Gasteiger partial charge on any atom is 0.228 e. The first kappa shape index (κ1) is 15.7. The molecule has 122 valence electrons. The Morgan fingerprint density at radius 1 is 1.17 bits per heavy atom. The third-order valence-corrected chi connectivity index (χ3v) is 3.69. The Morgan fingerprint density at radius 2 is 1.96 bits per heavy atom. The summed E-state index contributed by atoms with van der Waals surface area (Å²) in [6.45, 7) is 4.41. The van der Waals surface area contributed by atoms with Gasteiger partial charge >= 0.3 is 0 Å². The Balaban J connectivity index is 1.89. The maximum absolute atomic E-state index is 5.42. The zero-order chi connectivity index (χ0) is 15.9. The van der Waals surface area contributed by atoms with E-state index < -0.39 is 0 Å². The van der Waals surface area contributed by atoms with E-state index in [1.54, 1.807) is 7.11 Å². The van der Waals surface area contributed by atoms with Crippen LogP contribution in [-0.2, 0) is 9.47 Å². The van der Waals surface area contributed by atoms with Gasteiger partial charge in [-0.05, 0) is 0 Å². The lowest BCUT2D eigenvalue weighted by molar-refractivity contribution is 0.122. The molecule has 23 heavy (non-hydrogen) atoms. The molecule has 0 unspecified atom stereocenters. The molecule has 2 aromatic rings. The summed E-state index contributed by atoms with van der Waals surface area (Å²) in [6.07, 6.45) is 0.